The zero-order valence-corrected chi connectivity index (χ0v) is 17.3. The molecule has 2 heterocycles. The molecule has 0 bridgehead atoms. The lowest BCUT2D eigenvalue weighted by molar-refractivity contribution is -0.137. The molecule has 1 fully saturated rings. The quantitative estimate of drug-likeness (QED) is 0.687. The van der Waals surface area contributed by atoms with E-state index in [1.54, 1.807) is 11.0 Å². The number of fused-ring (bicyclic) bond motifs is 1. The number of amides is 3. The van der Waals surface area contributed by atoms with E-state index in [0.717, 1.165) is 37.8 Å². The monoisotopic (exact) mass is 424 g/mol. The SMILES string of the molecule is CCCCC1(CCCC)C(=O)NC(=O)N2CN(c3cccc(C(F)(F)F)c3)CN=C21. The molecule has 0 saturated carbocycles. The number of aliphatic imine (C=N–C) groups is 1. The van der Waals surface area contributed by atoms with Crippen molar-refractivity contribution in [2.75, 3.05) is 18.2 Å². The highest BCUT2D eigenvalue weighted by molar-refractivity contribution is 6.21. The number of rotatable bonds is 7. The number of amidine groups is 1. The summed E-state index contributed by atoms with van der Waals surface area (Å²) in [6.07, 6.45) is 0.149. The van der Waals surface area contributed by atoms with Crippen LogP contribution in [0.25, 0.3) is 0 Å². The molecule has 1 aromatic carbocycles. The van der Waals surface area contributed by atoms with Crippen molar-refractivity contribution in [3.8, 4) is 0 Å². The Morgan fingerprint density at radius 1 is 1.13 bits per heavy atom. The van der Waals surface area contributed by atoms with Crippen LogP contribution >= 0.6 is 0 Å². The highest BCUT2D eigenvalue weighted by atomic mass is 19.4. The number of nitrogens with zero attached hydrogens (tertiary/aromatic N) is 3. The Hall–Kier alpha value is -2.58. The largest absolute Gasteiger partial charge is 0.416 e. The highest BCUT2D eigenvalue weighted by Crippen LogP contribution is 2.39. The van der Waals surface area contributed by atoms with Gasteiger partial charge in [0.2, 0.25) is 5.91 Å². The van der Waals surface area contributed by atoms with E-state index in [1.165, 1.54) is 11.0 Å². The number of hydrogen-bond acceptors (Lipinski definition) is 4. The lowest BCUT2D eigenvalue weighted by atomic mass is 9.74. The van der Waals surface area contributed by atoms with E-state index >= 15 is 0 Å². The minimum atomic E-state index is -4.45. The Balaban J connectivity index is 1.95. The summed E-state index contributed by atoms with van der Waals surface area (Å²) in [6.45, 7) is 4.21. The van der Waals surface area contributed by atoms with Gasteiger partial charge in [0.25, 0.3) is 0 Å². The number of anilines is 1. The van der Waals surface area contributed by atoms with E-state index in [0.29, 0.717) is 24.4 Å². The van der Waals surface area contributed by atoms with Crippen LogP contribution in [0.5, 0.6) is 0 Å². The van der Waals surface area contributed by atoms with E-state index in [4.69, 9.17) is 0 Å². The van der Waals surface area contributed by atoms with Crippen LogP contribution in [0.1, 0.15) is 57.9 Å². The molecule has 9 heteroatoms. The number of hydrogen-bond donors (Lipinski definition) is 1. The van der Waals surface area contributed by atoms with E-state index in [-0.39, 0.29) is 19.2 Å². The molecular formula is C21H27F3N4O2. The molecule has 3 amide bonds. The van der Waals surface area contributed by atoms with Gasteiger partial charge in [-0.2, -0.15) is 13.2 Å². The lowest BCUT2D eigenvalue weighted by Gasteiger charge is -2.46. The van der Waals surface area contributed by atoms with E-state index in [2.05, 4.69) is 10.3 Å². The summed E-state index contributed by atoms with van der Waals surface area (Å²) in [7, 11) is 0. The number of halogens is 3. The fourth-order valence-corrected chi connectivity index (χ4v) is 4.05. The first-order valence-corrected chi connectivity index (χ1v) is 10.3. The molecule has 3 rings (SSSR count). The Morgan fingerprint density at radius 3 is 2.40 bits per heavy atom. The van der Waals surface area contributed by atoms with Crippen LogP contribution < -0.4 is 10.2 Å². The Morgan fingerprint density at radius 2 is 1.80 bits per heavy atom. The van der Waals surface area contributed by atoms with Gasteiger partial charge in [0.1, 0.15) is 24.6 Å². The predicted octanol–water partition coefficient (Wildman–Crippen LogP) is 4.76. The van der Waals surface area contributed by atoms with Gasteiger partial charge >= 0.3 is 12.2 Å². The van der Waals surface area contributed by atoms with Crippen molar-refractivity contribution in [2.45, 2.75) is 58.5 Å². The third-order valence-corrected chi connectivity index (χ3v) is 5.74. The maximum atomic E-state index is 13.1. The number of carbonyl (C=O) groups excluding carboxylic acids is 2. The highest BCUT2D eigenvalue weighted by Gasteiger charge is 2.52. The first kappa shape index (κ1) is 22.1. The van der Waals surface area contributed by atoms with Crippen molar-refractivity contribution >= 4 is 23.5 Å². The van der Waals surface area contributed by atoms with E-state index < -0.39 is 23.2 Å². The third kappa shape index (κ3) is 4.15. The maximum Gasteiger partial charge on any atom is 0.416 e. The fraction of sp³-hybridized carbons (Fsp3) is 0.571. The zero-order chi connectivity index (χ0) is 21.9. The molecule has 0 radical (unpaired) electrons. The normalized spacial score (nSPS) is 18.8. The summed E-state index contributed by atoms with van der Waals surface area (Å²) >= 11 is 0. The molecule has 30 heavy (non-hydrogen) atoms. The van der Waals surface area contributed by atoms with Crippen LogP contribution in [0.2, 0.25) is 0 Å². The van der Waals surface area contributed by atoms with Crippen LogP contribution in [-0.2, 0) is 11.0 Å². The minimum Gasteiger partial charge on any atom is -0.334 e. The summed E-state index contributed by atoms with van der Waals surface area (Å²) in [5.41, 5.74) is -1.31. The fourth-order valence-electron chi connectivity index (χ4n) is 4.05. The zero-order valence-electron chi connectivity index (χ0n) is 17.3. The molecule has 164 valence electrons. The average Bonchev–Trinajstić information content (AvgIpc) is 2.72. The lowest BCUT2D eigenvalue weighted by Crippen LogP contribution is -2.67. The van der Waals surface area contributed by atoms with Gasteiger partial charge in [0.05, 0.1) is 5.56 Å². The van der Waals surface area contributed by atoms with Crippen molar-refractivity contribution in [1.29, 1.82) is 0 Å². The summed E-state index contributed by atoms with van der Waals surface area (Å²) in [6, 6.07) is 4.37. The van der Waals surface area contributed by atoms with Crippen LogP contribution in [0, 0.1) is 5.41 Å². The van der Waals surface area contributed by atoms with Gasteiger partial charge in [0, 0.05) is 5.69 Å². The van der Waals surface area contributed by atoms with Crippen molar-refractivity contribution in [3.63, 3.8) is 0 Å². The Labute approximate surface area is 174 Å². The first-order chi connectivity index (χ1) is 14.2. The van der Waals surface area contributed by atoms with Gasteiger partial charge in [0.15, 0.2) is 0 Å². The first-order valence-electron chi connectivity index (χ1n) is 10.3. The maximum absolute atomic E-state index is 13.1. The molecule has 0 aromatic heterocycles. The summed E-state index contributed by atoms with van der Waals surface area (Å²) in [5.74, 6) is 0.123. The van der Waals surface area contributed by atoms with Crippen LogP contribution in [-0.4, -0.2) is 36.0 Å². The van der Waals surface area contributed by atoms with Gasteiger partial charge in [-0.15, -0.1) is 0 Å². The van der Waals surface area contributed by atoms with Crippen molar-refractivity contribution < 1.29 is 22.8 Å². The molecule has 0 aliphatic carbocycles. The number of benzene rings is 1. The van der Waals surface area contributed by atoms with Crippen LogP contribution in [0.4, 0.5) is 23.7 Å². The van der Waals surface area contributed by atoms with Crippen molar-refractivity contribution in [1.82, 2.24) is 10.2 Å². The smallest absolute Gasteiger partial charge is 0.334 e. The van der Waals surface area contributed by atoms with Crippen molar-refractivity contribution in [3.05, 3.63) is 29.8 Å². The molecule has 2 aliphatic heterocycles. The molecule has 0 unspecified atom stereocenters. The second kappa shape index (κ2) is 8.65. The average molecular weight is 424 g/mol. The van der Waals surface area contributed by atoms with Gasteiger partial charge in [-0.1, -0.05) is 45.6 Å². The third-order valence-electron chi connectivity index (χ3n) is 5.74. The van der Waals surface area contributed by atoms with Crippen molar-refractivity contribution in [2.24, 2.45) is 10.4 Å². The topological polar surface area (TPSA) is 65.0 Å². The molecule has 1 aromatic rings. The number of imide groups is 1. The van der Waals surface area contributed by atoms with E-state index in [1.807, 2.05) is 13.8 Å². The molecule has 0 atom stereocenters. The van der Waals surface area contributed by atoms with Crippen LogP contribution in [0.3, 0.4) is 0 Å². The number of alkyl halides is 3. The molecule has 1 saturated heterocycles. The number of unbranched alkanes of at least 4 members (excludes halogenated alkanes) is 2. The summed E-state index contributed by atoms with van der Waals surface area (Å²) in [5, 5.41) is 2.46. The van der Waals surface area contributed by atoms with Crippen LogP contribution in [0.15, 0.2) is 29.3 Å². The summed E-state index contributed by atoms with van der Waals surface area (Å²) < 4.78 is 39.3. The molecule has 2 aliphatic rings. The number of nitrogens with one attached hydrogen (secondary N) is 1. The second-order valence-corrected chi connectivity index (χ2v) is 7.83. The molecule has 1 N–H and O–H groups in total. The number of urea groups is 1. The molecular weight excluding hydrogens is 397 g/mol. The second-order valence-electron chi connectivity index (χ2n) is 7.83. The Kier molecular flexibility index (Phi) is 6.38. The van der Waals surface area contributed by atoms with Gasteiger partial charge < -0.3 is 4.90 Å². The predicted molar refractivity (Wildman–Crippen MR) is 108 cm³/mol. The van der Waals surface area contributed by atoms with E-state index in [9.17, 15) is 22.8 Å². The summed E-state index contributed by atoms with van der Waals surface area (Å²) in [4.78, 5) is 33.1. The number of carbonyl (C=O) groups is 2. The van der Waals surface area contributed by atoms with Gasteiger partial charge in [-0.25, -0.2) is 9.79 Å². The standard InChI is InChI=1S/C21H27F3N4O2/c1-3-5-10-20(11-6-4-2)17-25-13-27(14-28(17)19(30)26-18(20)29)16-9-7-8-15(12-16)21(22,23)24/h7-9,12H,3-6,10-11,13-14H2,1-2H3,(H,26,29,30). The molecule has 6 nitrogen and oxygen atoms in total. The minimum absolute atomic E-state index is 0.0409. The molecule has 0 spiro atoms. The van der Waals surface area contributed by atoms with Gasteiger partial charge in [-0.05, 0) is 31.0 Å². The Bertz CT molecular complexity index is 830. The van der Waals surface area contributed by atoms with Gasteiger partial charge in [-0.3, -0.25) is 15.0 Å².